The molecule has 0 saturated carbocycles. The highest BCUT2D eigenvalue weighted by Crippen LogP contribution is 2.17. The molecule has 3 heteroatoms. The predicted octanol–water partition coefficient (Wildman–Crippen LogP) is 3.22. The fourth-order valence-electron chi connectivity index (χ4n) is 0.878. The molecule has 0 unspecified atom stereocenters. The zero-order chi connectivity index (χ0) is 10.3. The molecule has 0 aliphatic heterocycles. The molecule has 1 rings (SSSR count). The molecular weight excluding hydrogens is 189 g/mol. The second kappa shape index (κ2) is 6.87. The third-order valence-corrected chi connectivity index (χ3v) is 1.77. The van der Waals surface area contributed by atoms with Gasteiger partial charge in [0.25, 0.3) is 0 Å². The summed E-state index contributed by atoms with van der Waals surface area (Å²) < 4.78 is 12.9. The highest BCUT2D eigenvalue weighted by molar-refractivity contribution is 6.31. The standard InChI is InChI=1S/C8H9ClFN.C2H6/c1-11-5-6-7(9)3-2-4-8(6)10;1-2/h2-4,11H,5H2,1H3;1-2H3. The molecule has 0 fully saturated rings. The van der Waals surface area contributed by atoms with Crippen LogP contribution in [0.1, 0.15) is 19.4 Å². The first-order valence-electron chi connectivity index (χ1n) is 4.33. The first-order valence-corrected chi connectivity index (χ1v) is 4.71. The zero-order valence-electron chi connectivity index (χ0n) is 8.20. The lowest BCUT2D eigenvalue weighted by molar-refractivity contribution is 0.601. The summed E-state index contributed by atoms with van der Waals surface area (Å²) in [5, 5.41) is 3.31. The topological polar surface area (TPSA) is 12.0 Å². The Morgan fingerprint density at radius 1 is 1.38 bits per heavy atom. The number of hydrogen-bond acceptors (Lipinski definition) is 1. The summed E-state index contributed by atoms with van der Waals surface area (Å²) in [5.74, 6) is -0.258. The first kappa shape index (κ1) is 12.4. The van der Waals surface area contributed by atoms with Crippen molar-refractivity contribution in [1.29, 1.82) is 0 Å². The molecule has 0 radical (unpaired) electrons. The smallest absolute Gasteiger partial charge is 0.129 e. The molecule has 0 amide bonds. The molecule has 0 heterocycles. The third-order valence-electron chi connectivity index (χ3n) is 1.42. The van der Waals surface area contributed by atoms with E-state index in [1.807, 2.05) is 13.8 Å². The second-order valence-corrected chi connectivity index (χ2v) is 2.64. The second-order valence-electron chi connectivity index (χ2n) is 2.23. The van der Waals surface area contributed by atoms with Crippen molar-refractivity contribution in [2.24, 2.45) is 0 Å². The molecule has 1 aromatic rings. The maximum Gasteiger partial charge on any atom is 0.129 e. The van der Waals surface area contributed by atoms with Crippen molar-refractivity contribution in [2.75, 3.05) is 7.05 Å². The lowest BCUT2D eigenvalue weighted by Crippen LogP contribution is -2.07. The van der Waals surface area contributed by atoms with Crippen LogP contribution in [0.2, 0.25) is 5.02 Å². The van der Waals surface area contributed by atoms with Gasteiger partial charge in [-0.25, -0.2) is 4.39 Å². The lowest BCUT2D eigenvalue weighted by atomic mass is 10.2. The van der Waals surface area contributed by atoms with Gasteiger partial charge >= 0.3 is 0 Å². The quantitative estimate of drug-likeness (QED) is 0.779. The normalized spacial score (nSPS) is 9.00. The Morgan fingerprint density at radius 2 is 2.00 bits per heavy atom. The van der Waals surface area contributed by atoms with E-state index in [2.05, 4.69) is 5.32 Å². The number of benzene rings is 1. The first-order chi connectivity index (χ1) is 6.25. The Balaban J connectivity index is 0.000000671. The summed E-state index contributed by atoms with van der Waals surface area (Å²) >= 11 is 5.73. The van der Waals surface area contributed by atoms with Gasteiger partial charge in [0.2, 0.25) is 0 Å². The number of nitrogens with one attached hydrogen (secondary N) is 1. The maximum atomic E-state index is 12.9. The Hall–Kier alpha value is -0.600. The van der Waals surface area contributed by atoms with Crippen molar-refractivity contribution in [3.8, 4) is 0 Å². The largest absolute Gasteiger partial charge is 0.316 e. The third kappa shape index (κ3) is 3.75. The van der Waals surface area contributed by atoms with E-state index in [1.54, 1.807) is 19.2 Å². The molecule has 0 spiro atoms. The Labute approximate surface area is 83.9 Å². The molecular formula is C10H15ClFN. The predicted molar refractivity (Wildman–Crippen MR) is 55.5 cm³/mol. The van der Waals surface area contributed by atoms with Crippen molar-refractivity contribution in [3.05, 3.63) is 34.6 Å². The van der Waals surface area contributed by atoms with Crippen LogP contribution in [0.4, 0.5) is 4.39 Å². The summed E-state index contributed by atoms with van der Waals surface area (Å²) in [4.78, 5) is 0. The van der Waals surface area contributed by atoms with Crippen LogP contribution in [0.15, 0.2) is 18.2 Å². The van der Waals surface area contributed by atoms with Crippen molar-refractivity contribution < 1.29 is 4.39 Å². The summed E-state index contributed by atoms with van der Waals surface area (Å²) in [6.07, 6.45) is 0. The zero-order valence-corrected chi connectivity index (χ0v) is 8.95. The lowest BCUT2D eigenvalue weighted by Gasteiger charge is -2.03. The van der Waals surface area contributed by atoms with E-state index in [9.17, 15) is 4.39 Å². The number of hydrogen-bond donors (Lipinski definition) is 1. The minimum Gasteiger partial charge on any atom is -0.316 e. The van der Waals surface area contributed by atoms with Crippen molar-refractivity contribution in [3.63, 3.8) is 0 Å². The van der Waals surface area contributed by atoms with E-state index < -0.39 is 0 Å². The van der Waals surface area contributed by atoms with Crippen LogP contribution in [-0.4, -0.2) is 7.05 Å². The molecule has 1 nitrogen and oxygen atoms in total. The Bertz CT molecular complexity index is 230. The Morgan fingerprint density at radius 3 is 2.46 bits per heavy atom. The van der Waals surface area contributed by atoms with Gasteiger partial charge in [-0.3, -0.25) is 0 Å². The maximum absolute atomic E-state index is 12.9. The fraction of sp³-hybridized carbons (Fsp3) is 0.400. The van der Waals surface area contributed by atoms with E-state index in [1.165, 1.54) is 6.07 Å². The SMILES string of the molecule is CC.CNCc1c(F)cccc1Cl. The van der Waals surface area contributed by atoms with Crippen molar-refractivity contribution in [2.45, 2.75) is 20.4 Å². The van der Waals surface area contributed by atoms with E-state index >= 15 is 0 Å². The monoisotopic (exact) mass is 203 g/mol. The van der Waals surface area contributed by atoms with E-state index in [4.69, 9.17) is 11.6 Å². The molecule has 0 bridgehead atoms. The summed E-state index contributed by atoms with van der Waals surface area (Å²) in [6, 6.07) is 4.67. The summed E-state index contributed by atoms with van der Waals surface area (Å²) in [5.41, 5.74) is 0.525. The number of halogens is 2. The van der Waals surface area contributed by atoms with Gasteiger partial charge in [0, 0.05) is 17.1 Å². The van der Waals surface area contributed by atoms with Gasteiger partial charge in [0.15, 0.2) is 0 Å². The van der Waals surface area contributed by atoms with Gasteiger partial charge in [-0.15, -0.1) is 0 Å². The van der Waals surface area contributed by atoms with Gasteiger partial charge in [0.1, 0.15) is 5.82 Å². The van der Waals surface area contributed by atoms with Gasteiger partial charge in [-0.05, 0) is 19.2 Å². The van der Waals surface area contributed by atoms with Gasteiger partial charge in [-0.1, -0.05) is 31.5 Å². The van der Waals surface area contributed by atoms with Crippen LogP contribution in [0, 0.1) is 5.82 Å². The van der Waals surface area contributed by atoms with Crippen molar-refractivity contribution in [1.82, 2.24) is 5.32 Å². The summed E-state index contributed by atoms with van der Waals surface area (Å²) in [7, 11) is 1.75. The fourth-order valence-corrected chi connectivity index (χ4v) is 1.11. The van der Waals surface area contributed by atoms with Gasteiger partial charge < -0.3 is 5.32 Å². The van der Waals surface area contributed by atoms with Gasteiger partial charge in [-0.2, -0.15) is 0 Å². The van der Waals surface area contributed by atoms with Crippen LogP contribution in [-0.2, 0) is 6.54 Å². The molecule has 13 heavy (non-hydrogen) atoms. The van der Waals surface area contributed by atoms with E-state index in [0.717, 1.165) is 0 Å². The molecule has 74 valence electrons. The molecule has 0 atom stereocenters. The number of rotatable bonds is 2. The molecule has 1 aromatic carbocycles. The van der Waals surface area contributed by atoms with Crippen LogP contribution < -0.4 is 5.32 Å². The van der Waals surface area contributed by atoms with Crippen LogP contribution in [0.3, 0.4) is 0 Å². The molecule has 0 aromatic heterocycles. The van der Waals surface area contributed by atoms with E-state index in [0.29, 0.717) is 17.1 Å². The molecule has 0 saturated heterocycles. The Kier molecular flexibility index (Phi) is 6.55. The van der Waals surface area contributed by atoms with Crippen LogP contribution in [0.25, 0.3) is 0 Å². The highest BCUT2D eigenvalue weighted by atomic mass is 35.5. The van der Waals surface area contributed by atoms with Crippen molar-refractivity contribution >= 4 is 11.6 Å². The average molecular weight is 204 g/mol. The van der Waals surface area contributed by atoms with Gasteiger partial charge in [0.05, 0.1) is 0 Å². The average Bonchev–Trinajstić information content (AvgIpc) is 2.15. The summed E-state index contributed by atoms with van der Waals surface area (Å²) in [6.45, 7) is 4.46. The molecule has 0 aliphatic rings. The van der Waals surface area contributed by atoms with Crippen LogP contribution in [0.5, 0.6) is 0 Å². The van der Waals surface area contributed by atoms with E-state index in [-0.39, 0.29) is 5.82 Å². The molecule has 0 aliphatic carbocycles. The van der Waals surface area contributed by atoms with Crippen LogP contribution >= 0.6 is 11.6 Å². The minimum atomic E-state index is -0.258. The minimum absolute atomic E-state index is 0.258. The molecule has 1 N–H and O–H groups in total. The highest BCUT2D eigenvalue weighted by Gasteiger charge is 2.03.